The highest BCUT2D eigenvalue weighted by Crippen LogP contribution is 2.33. The summed E-state index contributed by atoms with van der Waals surface area (Å²) in [6, 6.07) is 4.97. The minimum absolute atomic E-state index is 0.133. The lowest BCUT2D eigenvalue weighted by Gasteiger charge is -2.32. The molecule has 0 aromatic carbocycles. The fraction of sp³-hybridized carbons (Fsp3) is 0.571. The highest BCUT2D eigenvalue weighted by molar-refractivity contribution is 6.29. The average molecular weight is 301 g/mol. The van der Waals surface area contributed by atoms with E-state index >= 15 is 0 Å². The number of ether oxygens (including phenoxy) is 1. The van der Waals surface area contributed by atoms with Gasteiger partial charge in [-0.15, -0.1) is 0 Å². The Morgan fingerprint density at radius 1 is 1.55 bits per heavy atom. The number of carbonyl (C=O) groups excluding carboxylic acids is 1. The van der Waals surface area contributed by atoms with Crippen LogP contribution in [0.15, 0.2) is 18.2 Å². The Hall–Kier alpha value is -1.36. The number of hydrogen-bond acceptors (Lipinski definition) is 3. The highest BCUT2D eigenvalue weighted by atomic mass is 35.5. The maximum atomic E-state index is 14.4. The molecule has 1 atom stereocenters. The summed E-state index contributed by atoms with van der Waals surface area (Å²) in [5, 5.41) is 0.300. The monoisotopic (exact) mass is 300 g/mol. The second-order valence-electron chi connectivity index (χ2n) is 4.81. The van der Waals surface area contributed by atoms with Gasteiger partial charge in [0.15, 0.2) is 0 Å². The van der Waals surface area contributed by atoms with E-state index < -0.39 is 6.17 Å². The molecule has 1 saturated heterocycles. The molecule has 1 aromatic heterocycles. The van der Waals surface area contributed by atoms with Crippen molar-refractivity contribution in [3.05, 3.63) is 29.0 Å². The van der Waals surface area contributed by atoms with Crippen molar-refractivity contribution >= 4 is 17.7 Å². The van der Waals surface area contributed by atoms with Crippen molar-refractivity contribution in [1.29, 1.82) is 0 Å². The van der Waals surface area contributed by atoms with Crippen LogP contribution in [0.25, 0.3) is 0 Å². The smallest absolute Gasteiger partial charge is 0.409 e. The minimum atomic E-state index is -1.14. The van der Waals surface area contributed by atoms with Crippen LogP contribution in [0.3, 0.4) is 0 Å². The number of piperidine rings is 1. The second-order valence-corrected chi connectivity index (χ2v) is 5.20. The zero-order valence-corrected chi connectivity index (χ0v) is 12.1. The summed E-state index contributed by atoms with van der Waals surface area (Å²) in [6.45, 7) is 3.17. The molecule has 0 saturated carbocycles. The molecule has 1 amide bonds. The predicted octanol–water partition coefficient (Wildman–Crippen LogP) is 3.61. The van der Waals surface area contributed by atoms with Crippen LogP contribution in [0.1, 0.15) is 31.6 Å². The van der Waals surface area contributed by atoms with Crippen LogP contribution in [0.4, 0.5) is 9.18 Å². The van der Waals surface area contributed by atoms with Gasteiger partial charge in [0.2, 0.25) is 0 Å². The number of amides is 1. The topological polar surface area (TPSA) is 42.4 Å². The molecule has 0 bridgehead atoms. The molecule has 2 heterocycles. The fourth-order valence-electron chi connectivity index (χ4n) is 2.41. The molecule has 0 unspecified atom stereocenters. The summed E-state index contributed by atoms with van der Waals surface area (Å²) in [5.74, 6) is -0.133. The molecule has 20 heavy (non-hydrogen) atoms. The van der Waals surface area contributed by atoms with Crippen molar-refractivity contribution in [2.45, 2.75) is 25.9 Å². The minimum Gasteiger partial charge on any atom is -0.450 e. The zero-order chi connectivity index (χ0) is 14.5. The van der Waals surface area contributed by atoms with Gasteiger partial charge in [0.05, 0.1) is 12.3 Å². The van der Waals surface area contributed by atoms with Gasteiger partial charge < -0.3 is 9.64 Å². The first-order valence-corrected chi connectivity index (χ1v) is 7.17. The molecular formula is C14H18ClFN2O2. The normalized spacial score (nSPS) is 17.9. The third-order valence-corrected chi connectivity index (χ3v) is 3.71. The molecule has 1 aliphatic rings. The van der Waals surface area contributed by atoms with E-state index in [0.29, 0.717) is 43.4 Å². The van der Waals surface area contributed by atoms with Crippen molar-refractivity contribution in [1.82, 2.24) is 9.88 Å². The first kappa shape index (κ1) is 15.0. The van der Waals surface area contributed by atoms with E-state index in [1.165, 1.54) is 0 Å². The van der Waals surface area contributed by atoms with Gasteiger partial charge in [-0.1, -0.05) is 17.7 Å². The number of halogens is 2. The lowest BCUT2D eigenvalue weighted by Crippen LogP contribution is -2.39. The van der Waals surface area contributed by atoms with Gasteiger partial charge in [0.1, 0.15) is 11.3 Å². The maximum absolute atomic E-state index is 14.4. The lowest BCUT2D eigenvalue weighted by atomic mass is 9.90. The van der Waals surface area contributed by atoms with Gasteiger partial charge in [0, 0.05) is 13.1 Å². The first-order chi connectivity index (χ1) is 9.61. The SMILES string of the molecule is CCOC(=O)N1CCC([C@@H](F)c2cccc(Cl)n2)CC1. The molecule has 0 aliphatic carbocycles. The van der Waals surface area contributed by atoms with Crippen LogP contribution >= 0.6 is 11.6 Å². The molecule has 0 spiro atoms. The van der Waals surface area contributed by atoms with Crippen LogP contribution in [0.5, 0.6) is 0 Å². The quantitative estimate of drug-likeness (QED) is 0.801. The molecule has 1 aromatic rings. The van der Waals surface area contributed by atoms with E-state index in [1.807, 2.05) is 0 Å². The molecule has 0 N–H and O–H groups in total. The molecule has 2 rings (SSSR count). The molecule has 1 fully saturated rings. The average Bonchev–Trinajstić information content (AvgIpc) is 2.47. The summed E-state index contributed by atoms with van der Waals surface area (Å²) in [7, 11) is 0. The Morgan fingerprint density at radius 2 is 2.25 bits per heavy atom. The van der Waals surface area contributed by atoms with Crippen LogP contribution in [-0.2, 0) is 4.74 Å². The largest absolute Gasteiger partial charge is 0.450 e. The summed E-state index contributed by atoms with van der Waals surface area (Å²) in [5.41, 5.74) is 0.368. The van der Waals surface area contributed by atoms with E-state index in [1.54, 1.807) is 30.0 Å². The summed E-state index contributed by atoms with van der Waals surface area (Å²) >= 11 is 5.78. The van der Waals surface area contributed by atoms with Gasteiger partial charge in [-0.25, -0.2) is 14.2 Å². The van der Waals surface area contributed by atoms with Crippen LogP contribution in [-0.4, -0.2) is 35.7 Å². The Labute approximate surface area is 122 Å². The number of hydrogen-bond donors (Lipinski definition) is 0. The van der Waals surface area contributed by atoms with Crippen LogP contribution < -0.4 is 0 Å². The van der Waals surface area contributed by atoms with Gasteiger partial charge in [-0.3, -0.25) is 0 Å². The number of nitrogens with zero attached hydrogens (tertiary/aromatic N) is 2. The number of alkyl halides is 1. The Kier molecular flexibility index (Phi) is 5.17. The van der Waals surface area contributed by atoms with E-state index in [-0.39, 0.29) is 12.0 Å². The van der Waals surface area contributed by atoms with Crippen molar-refractivity contribution in [3.8, 4) is 0 Å². The predicted molar refractivity (Wildman–Crippen MR) is 74.4 cm³/mol. The third kappa shape index (κ3) is 3.60. The number of rotatable bonds is 3. The van der Waals surface area contributed by atoms with Gasteiger partial charge in [0.25, 0.3) is 0 Å². The highest BCUT2D eigenvalue weighted by Gasteiger charge is 2.30. The maximum Gasteiger partial charge on any atom is 0.409 e. The van der Waals surface area contributed by atoms with E-state index in [2.05, 4.69) is 4.98 Å². The van der Waals surface area contributed by atoms with E-state index in [4.69, 9.17) is 16.3 Å². The molecule has 4 nitrogen and oxygen atoms in total. The van der Waals surface area contributed by atoms with E-state index in [0.717, 1.165) is 0 Å². The van der Waals surface area contributed by atoms with Crippen molar-refractivity contribution < 1.29 is 13.9 Å². The Morgan fingerprint density at radius 3 is 2.85 bits per heavy atom. The lowest BCUT2D eigenvalue weighted by molar-refractivity contribution is 0.0770. The molecule has 1 aliphatic heterocycles. The molecule has 110 valence electrons. The summed E-state index contributed by atoms with van der Waals surface area (Å²) in [6.07, 6.45) is -0.247. The number of likely N-dealkylation sites (tertiary alicyclic amines) is 1. The standard InChI is InChI=1S/C14H18ClFN2O2/c1-2-20-14(19)18-8-6-10(7-9-18)13(16)11-4-3-5-12(15)17-11/h3-5,10,13H,2,6-9H2,1H3/t13-/m1/s1. The van der Waals surface area contributed by atoms with Crippen molar-refractivity contribution in [2.24, 2.45) is 5.92 Å². The van der Waals surface area contributed by atoms with Crippen LogP contribution in [0, 0.1) is 5.92 Å². The molecule has 6 heteroatoms. The number of pyridine rings is 1. The number of aromatic nitrogens is 1. The second kappa shape index (κ2) is 6.88. The zero-order valence-electron chi connectivity index (χ0n) is 11.4. The summed E-state index contributed by atoms with van der Waals surface area (Å²) in [4.78, 5) is 17.2. The first-order valence-electron chi connectivity index (χ1n) is 6.80. The third-order valence-electron chi connectivity index (χ3n) is 3.50. The van der Waals surface area contributed by atoms with Crippen molar-refractivity contribution in [2.75, 3.05) is 19.7 Å². The van der Waals surface area contributed by atoms with Gasteiger partial charge >= 0.3 is 6.09 Å². The summed E-state index contributed by atoms with van der Waals surface area (Å²) < 4.78 is 19.4. The van der Waals surface area contributed by atoms with Crippen LogP contribution in [0.2, 0.25) is 5.15 Å². The van der Waals surface area contributed by atoms with E-state index in [9.17, 15) is 9.18 Å². The number of carbonyl (C=O) groups is 1. The Bertz CT molecular complexity index is 464. The molecule has 0 radical (unpaired) electrons. The van der Waals surface area contributed by atoms with Crippen molar-refractivity contribution in [3.63, 3.8) is 0 Å². The Balaban J connectivity index is 1.92. The molecular weight excluding hydrogens is 283 g/mol. The van der Waals surface area contributed by atoms with Gasteiger partial charge in [-0.05, 0) is 37.8 Å². The van der Waals surface area contributed by atoms with Gasteiger partial charge in [-0.2, -0.15) is 0 Å². The fourth-order valence-corrected chi connectivity index (χ4v) is 2.58.